The minimum absolute atomic E-state index is 0.125. The lowest BCUT2D eigenvalue weighted by Crippen LogP contribution is -2.30. The summed E-state index contributed by atoms with van der Waals surface area (Å²) in [5.74, 6) is -0.389. The van der Waals surface area contributed by atoms with E-state index in [1.807, 2.05) is 51.1 Å². The molecule has 0 aliphatic heterocycles. The Labute approximate surface area is 162 Å². The molecule has 27 heavy (non-hydrogen) atoms. The predicted molar refractivity (Wildman–Crippen MR) is 109 cm³/mol. The van der Waals surface area contributed by atoms with E-state index in [1.165, 1.54) is 10.4 Å². The van der Waals surface area contributed by atoms with Gasteiger partial charge in [-0.2, -0.15) is 4.31 Å². The molecule has 0 unspecified atom stereocenters. The van der Waals surface area contributed by atoms with Crippen LogP contribution in [-0.4, -0.2) is 31.7 Å². The summed E-state index contributed by atoms with van der Waals surface area (Å²) in [5, 5.41) is 2.89. The van der Waals surface area contributed by atoms with Gasteiger partial charge < -0.3 is 5.32 Å². The summed E-state index contributed by atoms with van der Waals surface area (Å²) in [5.41, 5.74) is 1.45. The first-order valence-electron chi connectivity index (χ1n) is 9.40. The summed E-state index contributed by atoms with van der Waals surface area (Å²) in [6.07, 6.45) is 1.61. The van der Waals surface area contributed by atoms with Crippen LogP contribution in [0.15, 0.2) is 59.5 Å². The molecule has 0 fully saturated rings. The molecule has 0 aromatic heterocycles. The quantitative estimate of drug-likeness (QED) is 0.699. The average molecular weight is 389 g/mol. The van der Waals surface area contributed by atoms with E-state index in [4.69, 9.17) is 0 Å². The Morgan fingerprint density at radius 2 is 1.67 bits per heavy atom. The average Bonchev–Trinajstić information content (AvgIpc) is 2.67. The molecule has 2 aromatic rings. The highest BCUT2D eigenvalue weighted by atomic mass is 32.2. The van der Waals surface area contributed by atoms with Crippen LogP contribution >= 0.6 is 0 Å². The minimum atomic E-state index is -3.56. The van der Waals surface area contributed by atoms with Gasteiger partial charge in [0, 0.05) is 18.8 Å². The van der Waals surface area contributed by atoms with Crippen LogP contribution in [0.2, 0.25) is 0 Å². The highest BCUT2D eigenvalue weighted by Gasteiger charge is 2.23. The molecule has 5 nitrogen and oxygen atoms in total. The van der Waals surface area contributed by atoms with E-state index < -0.39 is 10.0 Å². The van der Waals surface area contributed by atoms with E-state index in [1.54, 1.807) is 18.2 Å². The zero-order valence-corrected chi connectivity index (χ0v) is 17.0. The fourth-order valence-electron chi connectivity index (χ4n) is 3.10. The molecular formula is C21H28N2O3S. The van der Waals surface area contributed by atoms with E-state index in [9.17, 15) is 13.2 Å². The largest absolute Gasteiger partial charge is 0.326 e. The molecule has 6 heteroatoms. The third-order valence-electron chi connectivity index (χ3n) is 4.54. The monoisotopic (exact) mass is 388 g/mol. The Morgan fingerprint density at radius 1 is 1.00 bits per heavy atom. The molecular weight excluding hydrogens is 360 g/mol. The predicted octanol–water partition coefficient (Wildman–Crippen LogP) is 4.24. The molecule has 0 saturated carbocycles. The second-order valence-corrected chi connectivity index (χ2v) is 8.30. The second kappa shape index (κ2) is 9.67. The molecule has 1 amide bonds. The van der Waals surface area contributed by atoms with Gasteiger partial charge in [0.1, 0.15) is 0 Å². The summed E-state index contributed by atoms with van der Waals surface area (Å²) in [6.45, 7) is 6.47. The highest BCUT2D eigenvalue weighted by Crippen LogP contribution is 2.25. The molecule has 0 aliphatic carbocycles. The summed E-state index contributed by atoms with van der Waals surface area (Å²) >= 11 is 0. The van der Waals surface area contributed by atoms with E-state index in [-0.39, 0.29) is 16.7 Å². The SMILES string of the molecule is CCC[C@@H](C(=O)Nc1cccc(S(=O)(=O)N(CC)CC)c1)c1ccccc1. The summed E-state index contributed by atoms with van der Waals surface area (Å²) in [7, 11) is -3.56. The van der Waals surface area contributed by atoms with Crippen LogP contribution < -0.4 is 5.32 Å². The number of hydrogen-bond donors (Lipinski definition) is 1. The van der Waals surface area contributed by atoms with Crippen molar-refractivity contribution in [3.05, 3.63) is 60.2 Å². The number of nitrogens with one attached hydrogen (secondary N) is 1. The molecule has 146 valence electrons. The van der Waals surface area contributed by atoms with Crippen LogP contribution in [0.25, 0.3) is 0 Å². The lowest BCUT2D eigenvalue weighted by Gasteiger charge is -2.20. The smallest absolute Gasteiger partial charge is 0.243 e. The maximum absolute atomic E-state index is 12.8. The van der Waals surface area contributed by atoms with Crippen molar-refractivity contribution < 1.29 is 13.2 Å². The van der Waals surface area contributed by atoms with E-state index in [2.05, 4.69) is 5.32 Å². The number of hydrogen-bond acceptors (Lipinski definition) is 3. The van der Waals surface area contributed by atoms with Gasteiger partial charge in [-0.15, -0.1) is 0 Å². The summed E-state index contributed by atoms with van der Waals surface area (Å²) in [4.78, 5) is 13.0. The van der Waals surface area contributed by atoms with Gasteiger partial charge in [-0.05, 0) is 30.2 Å². The normalized spacial score (nSPS) is 12.7. The Bertz CT molecular complexity index is 847. The summed E-state index contributed by atoms with van der Waals surface area (Å²) < 4.78 is 26.8. The first-order valence-corrected chi connectivity index (χ1v) is 10.8. The van der Waals surface area contributed by atoms with Crippen LogP contribution in [0.4, 0.5) is 5.69 Å². The van der Waals surface area contributed by atoms with Crippen LogP contribution in [0.5, 0.6) is 0 Å². The number of benzene rings is 2. The van der Waals surface area contributed by atoms with Gasteiger partial charge in [0.15, 0.2) is 0 Å². The lowest BCUT2D eigenvalue weighted by molar-refractivity contribution is -0.117. The Balaban J connectivity index is 2.25. The standard InChI is InChI=1S/C21H28N2O3S/c1-4-11-20(17-12-8-7-9-13-17)21(24)22-18-14-10-15-19(16-18)27(25,26)23(5-2)6-3/h7-10,12-16,20H,4-6,11H2,1-3H3,(H,22,24)/t20-/m1/s1. The van der Waals surface area contributed by atoms with Crippen molar-refractivity contribution in [1.29, 1.82) is 0 Å². The molecule has 2 aromatic carbocycles. The van der Waals surface area contributed by atoms with Crippen LogP contribution in [0, 0.1) is 0 Å². The molecule has 0 aliphatic rings. The molecule has 0 radical (unpaired) electrons. The van der Waals surface area contributed by atoms with Gasteiger partial charge in [-0.1, -0.05) is 63.6 Å². The van der Waals surface area contributed by atoms with Crippen molar-refractivity contribution >= 4 is 21.6 Å². The Hall–Kier alpha value is -2.18. The summed E-state index contributed by atoms with van der Waals surface area (Å²) in [6, 6.07) is 16.1. The Kier molecular flexibility index (Phi) is 7.56. The molecule has 1 atom stereocenters. The maximum Gasteiger partial charge on any atom is 0.243 e. The third-order valence-corrected chi connectivity index (χ3v) is 6.59. The topological polar surface area (TPSA) is 66.5 Å². The van der Waals surface area contributed by atoms with Crippen LogP contribution in [0.1, 0.15) is 45.1 Å². The van der Waals surface area contributed by atoms with Crippen molar-refractivity contribution in [1.82, 2.24) is 4.31 Å². The molecule has 2 rings (SSSR count). The van der Waals surface area contributed by atoms with Gasteiger partial charge in [0.2, 0.25) is 15.9 Å². The number of carbonyl (C=O) groups excluding carboxylic acids is 1. The van der Waals surface area contributed by atoms with Crippen molar-refractivity contribution in [2.24, 2.45) is 0 Å². The highest BCUT2D eigenvalue weighted by molar-refractivity contribution is 7.89. The molecule has 1 N–H and O–H groups in total. The Morgan fingerprint density at radius 3 is 2.26 bits per heavy atom. The molecule has 0 heterocycles. The first-order chi connectivity index (χ1) is 12.9. The number of amides is 1. The first kappa shape index (κ1) is 21.1. The number of nitrogens with zero attached hydrogens (tertiary/aromatic N) is 1. The van der Waals surface area contributed by atoms with Crippen molar-refractivity contribution in [2.75, 3.05) is 18.4 Å². The molecule has 0 bridgehead atoms. The maximum atomic E-state index is 12.8. The van der Waals surface area contributed by atoms with Crippen molar-refractivity contribution in [2.45, 2.75) is 44.4 Å². The zero-order valence-electron chi connectivity index (χ0n) is 16.2. The van der Waals surface area contributed by atoms with Crippen LogP contribution in [-0.2, 0) is 14.8 Å². The molecule has 0 saturated heterocycles. The fraction of sp³-hybridized carbons (Fsp3) is 0.381. The minimum Gasteiger partial charge on any atom is -0.326 e. The fourth-order valence-corrected chi connectivity index (χ4v) is 4.60. The zero-order chi connectivity index (χ0) is 19.9. The van der Waals surface area contributed by atoms with Gasteiger partial charge in [-0.25, -0.2) is 8.42 Å². The van der Waals surface area contributed by atoms with Gasteiger partial charge in [-0.3, -0.25) is 4.79 Å². The van der Waals surface area contributed by atoms with E-state index in [0.29, 0.717) is 18.8 Å². The van der Waals surface area contributed by atoms with Crippen molar-refractivity contribution in [3.63, 3.8) is 0 Å². The van der Waals surface area contributed by atoms with Crippen LogP contribution in [0.3, 0.4) is 0 Å². The lowest BCUT2D eigenvalue weighted by atomic mass is 9.93. The number of sulfonamides is 1. The van der Waals surface area contributed by atoms with Gasteiger partial charge in [0.05, 0.1) is 10.8 Å². The number of anilines is 1. The second-order valence-electron chi connectivity index (χ2n) is 6.36. The van der Waals surface area contributed by atoms with Gasteiger partial charge in [0.25, 0.3) is 0 Å². The number of rotatable bonds is 9. The molecule has 0 spiro atoms. The number of carbonyl (C=O) groups is 1. The third kappa shape index (κ3) is 5.17. The van der Waals surface area contributed by atoms with Crippen molar-refractivity contribution in [3.8, 4) is 0 Å². The van der Waals surface area contributed by atoms with Gasteiger partial charge >= 0.3 is 0 Å². The van der Waals surface area contributed by atoms with E-state index in [0.717, 1.165) is 18.4 Å². The van der Waals surface area contributed by atoms with E-state index >= 15 is 0 Å².